The number of nitrogens with zero attached hydrogens (tertiary/aromatic N) is 4. The highest BCUT2D eigenvalue weighted by Gasteiger charge is 2.31. The Labute approximate surface area is 147 Å². The summed E-state index contributed by atoms with van der Waals surface area (Å²) in [6.45, 7) is 1.68. The third kappa shape index (κ3) is 3.20. The summed E-state index contributed by atoms with van der Waals surface area (Å²) in [5, 5.41) is 6.83. The molecule has 1 atom stereocenters. The molecule has 0 spiro atoms. The van der Waals surface area contributed by atoms with Crippen molar-refractivity contribution in [2.75, 3.05) is 13.6 Å². The lowest BCUT2D eigenvalue weighted by Gasteiger charge is -2.35. The van der Waals surface area contributed by atoms with Gasteiger partial charge in [0.1, 0.15) is 5.69 Å². The van der Waals surface area contributed by atoms with Crippen LogP contribution in [-0.2, 0) is 13.6 Å². The van der Waals surface area contributed by atoms with Gasteiger partial charge in [-0.3, -0.25) is 9.69 Å². The Balaban J connectivity index is 1.54. The number of rotatable bonds is 5. The molecule has 25 heavy (non-hydrogen) atoms. The third-order valence-electron chi connectivity index (χ3n) is 5.34. The van der Waals surface area contributed by atoms with E-state index in [1.54, 1.807) is 7.05 Å². The summed E-state index contributed by atoms with van der Waals surface area (Å²) in [6.07, 6.45) is 5.80. The van der Waals surface area contributed by atoms with Crippen LogP contribution in [0.4, 0.5) is 0 Å². The topological polar surface area (TPSA) is 76.2 Å². The van der Waals surface area contributed by atoms with Crippen LogP contribution in [0.2, 0.25) is 0 Å². The second kappa shape index (κ2) is 6.63. The van der Waals surface area contributed by atoms with E-state index >= 15 is 0 Å². The van der Waals surface area contributed by atoms with E-state index in [2.05, 4.69) is 26.4 Å². The molecule has 7 nitrogen and oxygen atoms in total. The molecule has 1 aliphatic carbocycles. The molecule has 1 N–H and O–H groups in total. The molecule has 1 saturated carbocycles. The van der Waals surface area contributed by atoms with Crippen LogP contribution in [0.1, 0.15) is 72.0 Å². The minimum Gasteiger partial charge on any atom is -0.354 e. The van der Waals surface area contributed by atoms with Gasteiger partial charge < -0.3 is 14.4 Å². The molecule has 1 saturated heterocycles. The van der Waals surface area contributed by atoms with Crippen LogP contribution in [0.15, 0.2) is 16.7 Å². The molecule has 2 aliphatic rings. The van der Waals surface area contributed by atoms with Crippen LogP contribution in [0.25, 0.3) is 0 Å². The number of hydrogen-bond donors (Lipinski definition) is 1. The number of aromatic nitrogens is 3. The lowest BCUT2D eigenvalue weighted by Crippen LogP contribution is -2.34. The summed E-state index contributed by atoms with van der Waals surface area (Å²) in [5.74, 6) is 2.03. The molecule has 0 radical (unpaired) electrons. The summed E-state index contributed by atoms with van der Waals surface area (Å²) in [4.78, 5) is 19.0. The molecule has 0 unspecified atom stereocenters. The van der Waals surface area contributed by atoms with E-state index in [1.165, 1.54) is 31.4 Å². The van der Waals surface area contributed by atoms with Gasteiger partial charge in [0.15, 0.2) is 5.82 Å². The molecular formula is C18H25N5O2. The zero-order valence-electron chi connectivity index (χ0n) is 14.9. The Morgan fingerprint density at radius 2 is 2.16 bits per heavy atom. The van der Waals surface area contributed by atoms with Crippen LogP contribution in [-0.4, -0.2) is 39.1 Å². The van der Waals surface area contributed by atoms with Crippen LogP contribution in [0, 0.1) is 0 Å². The van der Waals surface area contributed by atoms with E-state index in [9.17, 15) is 4.79 Å². The fourth-order valence-electron chi connectivity index (χ4n) is 3.75. The Morgan fingerprint density at radius 1 is 1.32 bits per heavy atom. The normalized spacial score (nSPS) is 21.4. The number of carbonyl (C=O) groups is 1. The maximum atomic E-state index is 12.0. The SMILES string of the molecule is CNC(=O)c1ccc([C@@H]2CCCCN2Cc2nc(C3CC3)no2)n1C. The number of hydrogen-bond acceptors (Lipinski definition) is 5. The van der Waals surface area contributed by atoms with Gasteiger partial charge in [-0.2, -0.15) is 4.98 Å². The zero-order valence-corrected chi connectivity index (χ0v) is 14.9. The minimum atomic E-state index is -0.0536. The fraction of sp³-hybridized carbons (Fsp3) is 0.611. The molecule has 2 aromatic heterocycles. The third-order valence-corrected chi connectivity index (χ3v) is 5.34. The van der Waals surface area contributed by atoms with Gasteiger partial charge in [-0.15, -0.1) is 0 Å². The van der Waals surface area contributed by atoms with Crippen LogP contribution >= 0.6 is 0 Å². The fourth-order valence-corrected chi connectivity index (χ4v) is 3.75. The van der Waals surface area contributed by atoms with Gasteiger partial charge in [-0.1, -0.05) is 11.6 Å². The number of piperidine rings is 1. The van der Waals surface area contributed by atoms with Crippen molar-refractivity contribution < 1.29 is 9.32 Å². The quantitative estimate of drug-likeness (QED) is 0.902. The molecule has 4 rings (SSSR count). The van der Waals surface area contributed by atoms with Gasteiger partial charge in [-0.05, 0) is 44.4 Å². The van der Waals surface area contributed by atoms with E-state index < -0.39 is 0 Å². The number of carbonyl (C=O) groups excluding carboxylic acids is 1. The molecular weight excluding hydrogens is 318 g/mol. The van der Waals surface area contributed by atoms with E-state index in [0.717, 1.165) is 18.8 Å². The maximum Gasteiger partial charge on any atom is 0.267 e. The van der Waals surface area contributed by atoms with Crippen molar-refractivity contribution in [3.05, 3.63) is 35.2 Å². The van der Waals surface area contributed by atoms with Gasteiger partial charge in [0.25, 0.3) is 5.91 Å². The van der Waals surface area contributed by atoms with Crippen LogP contribution in [0.5, 0.6) is 0 Å². The lowest BCUT2D eigenvalue weighted by molar-refractivity contribution is 0.0950. The Bertz CT molecular complexity index is 761. The van der Waals surface area contributed by atoms with Crippen molar-refractivity contribution in [2.45, 2.75) is 50.6 Å². The highest BCUT2D eigenvalue weighted by atomic mass is 16.5. The first-order valence-electron chi connectivity index (χ1n) is 9.11. The van der Waals surface area contributed by atoms with Gasteiger partial charge >= 0.3 is 0 Å². The Morgan fingerprint density at radius 3 is 2.92 bits per heavy atom. The predicted octanol–water partition coefficient (Wildman–Crippen LogP) is 2.37. The molecule has 134 valence electrons. The van der Waals surface area contributed by atoms with Crippen molar-refractivity contribution in [3.63, 3.8) is 0 Å². The molecule has 1 aliphatic heterocycles. The second-order valence-electron chi connectivity index (χ2n) is 7.08. The molecule has 0 bridgehead atoms. The molecule has 3 heterocycles. The minimum absolute atomic E-state index is 0.0536. The lowest BCUT2D eigenvalue weighted by atomic mass is 9.99. The van der Waals surface area contributed by atoms with Crippen molar-refractivity contribution in [1.29, 1.82) is 0 Å². The first-order valence-corrected chi connectivity index (χ1v) is 9.11. The molecule has 7 heteroatoms. The summed E-state index contributed by atoms with van der Waals surface area (Å²) in [5.41, 5.74) is 1.86. The molecule has 1 amide bonds. The predicted molar refractivity (Wildman–Crippen MR) is 92.1 cm³/mol. The smallest absolute Gasteiger partial charge is 0.267 e. The number of nitrogens with one attached hydrogen (secondary N) is 1. The van der Waals surface area contributed by atoms with Crippen molar-refractivity contribution in [1.82, 2.24) is 24.9 Å². The standard InChI is InChI=1S/C18H25N5O2/c1-19-18(24)15-9-8-13(22(15)2)14-5-3-4-10-23(14)11-16-20-17(21-25-16)12-6-7-12/h8-9,12,14H,3-7,10-11H2,1-2H3,(H,19,24)/t14-/m0/s1. The van der Waals surface area contributed by atoms with E-state index in [0.29, 0.717) is 24.0 Å². The summed E-state index contributed by atoms with van der Waals surface area (Å²) in [6, 6.07) is 4.24. The highest BCUT2D eigenvalue weighted by molar-refractivity contribution is 5.92. The molecule has 2 aromatic rings. The average molecular weight is 343 g/mol. The average Bonchev–Trinajstić information content (AvgIpc) is 3.26. The maximum absolute atomic E-state index is 12.0. The largest absolute Gasteiger partial charge is 0.354 e. The second-order valence-corrected chi connectivity index (χ2v) is 7.08. The van der Waals surface area contributed by atoms with Crippen molar-refractivity contribution in [2.24, 2.45) is 7.05 Å². The van der Waals surface area contributed by atoms with Gasteiger partial charge in [0.05, 0.1) is 12.6 Å². The zero-order chi connectivity index (χ0) is 17.4. The van der Waals surface area contributed by atoms with Crippen molar-refractivity contribution >= 4 is 5.91 Å². The Kier molecular flexibility index (Phi) is 4.33. The van der Waals surface area contributed by atoms with Gasteiger partial charge in [0, 0.05) is 25.7 Å². The first-order chi connectivity index (χ1) is 12.2. The highest BCUT2D eigenvalue weighted by Crippen LogP contribution is 2.38. The van der Waals surface area contributed by atoms with Crippen molar-refractivity contribution in [3.8, 4) is 0 Å². The van der Waals surface area contributed by atoms with E-state index in [1.807, 2.05) is 17.7 Å². The monoisotopic (exact) mass is 343 g/mol. The molecule has 0 aromatic carbocycles. The van der Waals surface area contributed by atoms with E-state index in [-0.39, 0.29) is 11.9 Å². The van der Waals surface area contributed by atoms with Gasteiger partial charge in [0.2, 0.25) is 5.89 Å². The van der Waals surface area contributed by atoms with Crippen LogP contribution in [0.3, 0.4) is 0 Å². The van der Waals surface area contributed by atoms with Crippen LogP contribution < -0.4 is 5.32 Å². The Hall–Kier alpha value is -2.15. The first kappa shape index (κ1) is 16.3. The number of amides is 1. The summed E-state index contributed by atoms with van der Waals surface area (Å²) < 4.78 is 7.48. The van der Waals surface area contributed by atoms with Gasteiger partial charge in [-0.25, -0.2) is 0 Å². The molecule has 2 fully saturated rings. The summed E-state index contributed by atoms with van der Waals surface area (Å²) in [7, 11) is 3.62. The number of likely N-dealkylation sites (tertiary alicyclic amines) is 1. The summed E-state index contributed by atoms with van der Waals surface area (Å²) >= 11 is 0. The van der Waals surface area contributed by atoms with E-state index in [4.69, 9.17) is 4.52 Å².